The van der Waals surface area contributed by atoms with Gasteiger partial charge < -0.3 is 4.90 Å². The first-order valence-electron chi connectivity index (χ1n) is 6.21. The predicted octanol–water partition coefficient (Wildman–Crippen LogP) is 1.58. The van der Waals surface area contributed by atoms with Crippen LogP contribution in [0.2, 0.25) is 0 Å². The number of terminal acetylenes is 1. The highest BCUT2D eigenvalue weighted by atomic mass is 16.2. The average molecular weight is 245 g/mol. The number of hydrogen-bond acceptors (Lipinski definition) is 2. The van der Waals surface area contributed by atoms with Crippen LogP contribution in [-0.4, -0.2) is 27.1 Å². The zero-order chi connectivity index (χ0) is 13.4. The second kappa shape index (κ2) is 4.49. The molecule has 1 aliphatic rings. The van der Waals surface area contributed by atoms with Gasteiger partial charge in [0.15, 0.2) is 0 Å². The normalized spacial score (nSPS) is 21.2. The van der Waals surface area contributed by atoms with Crippen LogP contribution in [0.25, 0.3) is 0 Å². The Balaban J connectivity index is 2.30. The maximum atomic E-state index is 12.0. The molecule has 0 aromatic carbocycles. The van der Waals surface area contributed by atoms with E-state index in [2.05, 4.69) is 11.0 Å². The average Bonchev–Trinajstić information content (AvgIpc) is 2.80. The molecule has 1 fully saturated rings. The number of hydrogen-bond donors (Lipinski definition) is 0. The SMILES string of the molecule is C#CC1CC(=O)N(C(C)c2c(C)nn(C)c2C)C1. The number of carbonyl (C=O) groups excluding carboxylic acids is 1. The third-order valence-corrected chi connectivity index (χ3v) is 3.84. The fourth-order valence-electron chi connectivity index (χ4n) is 2.77. The van der Waals surface area contributed by atoms with E-state index in [0.717, 1.165) is 17.0 Å². The van der Waals surface area contributed by atoms with Crippen molar-refractivity contribution in [1.82, 2.24) is 14.7 Å². The molecule has 1 aromatic heterocycles. The summed E-state index contributed by atoms with van der Waals surface area (Å²) in [6, 6.07) is 0.0459. The Hall–Kier alpha value is -1.76. The number of likely N-dealkylation sites (tertiary alicyclic amines) is 1. The molecule has 4 nitrogen and oxygen atoms in total. The Morgan fingerprint density at radius 2 is 2.17 bits per heavy atom. The van der Waals surface area contributed by atoms with Gasteiger partial charge in [-0.15, -0.1) is 12.3 Å². The van der Waals surface area contributed by atoms with E-state index in [4.69, 9.17) is 6.42 Å². The third-order valence-electron chi connectivity index (χ3n) is 3.84. The van der Waals surface area contributed by atoms with Gasteiger partial charge in [-0.2, -0.15) is 5.10 Å². The molecular formula is C14H19N3O. The van der Waals surface area contributed by atoms with Gasteiger partial charge >= 0.3 is 0 Å². The standard InChI is InChI=1S/C14H19N3O/c1-6-12-7-13(18)17(8-12)11(4)14-9(2)15-16(5)10(14)3/h1,11-12H,7-8H2,2-5H3. The Kier molecular flexibility index (Phi) is 3.16. The summed E-state index contributed by atoms with van der Waals surface area (Å²) in [6.07, 6.45) is 5.89. The highest BCUT2D eigenvalue weighted by molar-refractivity contribution is 5.79. The highest BCUT2D eigenvalue weighted by Gasteiger charge is 2.34. The first-order chi connectivity index (χ1) is 8.45. The van der Waals surface area contributed by atoms with Crippen molar-refractivity contribution in [3.8, 4) is 12.3 Å². The molecule has 1 amide bonds. The van der Waals surface area contributed by atoms with E-state index in [-0.39, 0.29) is 17.9 Å². The number of rotatable bonds is 2. The number of nitrogens with zero attached hydrogens (tertiary/aromatic N) is 3. The van der Waals surface area contributed by atoms with Crippen LogP contribution < -0.4 is 0 Å². The van der Waals surface area contributed by atoms with Crippen LogP contribution in [0.4, 0.5) is 0 Å². The second-order valence-electron chi connectivity index (χ2n) is 5.00. The van der Waals surface area contributed by atoms with E-state index < -0.39 is 0 Å². The van der Waals surface area contributed by atoms with Gasteiger partial charge in [-0.05, 0) is 20.8 Å². The van der Waals surface area contributed by atoms with Crippen LogP contribution in [0.15, 0.2) is 0 Å². The predicted molar refractivity (Wildman–Crippen MR) is 69.8 cm³/mol. The minimum absolute atomic E-state index is 0.0459. The van der Waals surface area contributed by atoms with Crippen LogP contribution in [-0.2, 0) is 11.8 Å². The molecule has 1 aromatic rings. The van der Waals surface area contributed by atoms with Gasteiger partial charge in [0.1, 0.15) is 0 Å². The molecule has 2 unspecified atom stereocenters. The Morgan fingerprint density at radius 1 is 1.50 bits per heavy atom. The first kappa shape index (κ1) is 12.7. The summed E-state index contributed by atoms with van der Waals surface area (Å²) in [5.41, 5.74) is 3.24. The summed E-state index contributed by atoms with van der Waals surface area (Å²) in [4.78, 5) is 13.9. The van der Waals surface area contributed by atoms with Crippen molar-refractivity contribution in [2.75, 3.05) is 6.54 Å². The number of carbonyl (C=O) groups is 1. The Labute approximate surface area is 108 Å². The van der Waals surface area contributed by atoms with Crippen LogP contribution in [0.5, 0.6) is 0 Å². The lowest BCUT2D eigenvalue weighted by Gasteiger charge is -2.25. The molecule has 1 saturated heterocycles. The van der Waals surface area contributed by atoms with Crippen molar-refractivity contribution in [2.24, 2.45) is 13.0 Å². The van der Waals surface area contributed by atoms with Crippen LogP contribution in [0.1, 0.15) is 36.3 Å². The van der Waals surface area contributed by atoms with Crippen LogP contribution in [0.3, 0.4) is 0 Å². The van der Waals surface area contributed by atoms with Crippen molar-refractivity contribution in [1.29, 1.82) is 0 Å². The molecule has 0 aliphatic carbocycles. The lowest BCUT2D eigenvalue weighted by molar-refractivity contribution is -0.129. The molecule has 2 rings (SSSR count). The van der Waals surface area contributed by atoms with Crippen molar-refractivity contribution in [3.05, 3.63) is 17.0 Å². The van der Waals surface area contributed by atoms with Crippen molar-refractivity contribution >= 4 is 5.91 Å². The number of amides is 1. The Morgan fingerprint density at radius 3 is 2.61 bits per heavy atom. The molecule has 0 bridgehead atoms. The monoisotopic (exact) mass is 245 g/mol. The fraction of sp³-hybridized carbons (Fsp3) is 0.571. The summed E-state index contributed by atoms with van der Waals surface area (Å²) >= 11 is 0. The summed E-state index contributed by atoms with van der Waals surface area (Å²) in [6.45, 7) is 6.72. The van der Waals surface area contributed by atoms with Crippen molar-refractivity contribution in [3.63, 3.8) is 0 Å². The largest absolute Gasteiger partial charge is 0.335 e. The molecule has 0 N–H and O–H groups in total. The maximum Gasteiger partial charge on any atom is 0.224 e. The molecule has 18 heavy (non-hydrogen) atoms. The quantitative estimate of drug-likeness (QED) is 0.742. The van der Waals surface area contributed by atoms with E-state index in [1.165, 1.54) is 0 Å². The third kappa shape index (κ3) is 1.90. The van der Waals surface area contributed by atoms with Gasteiger partial charge in [0.25, 0.3) is 0 Å². The molecule has 0 radical (unpaired) electrons. The van der Waals surface area contributed by atoms with Crippen LogP contribution in [0, 0.1) is 32.1 Å². The summed E-state index contributed by atoms with van der Waals surface area (Å²) in [5, 5.41) is 4.41. The highest BCUT2D eigenvalue weighted by Crippen LogP contribution is 2.31. The van der Waals surface area contributed by atoms with Gasteiger partial charge in [-0.3, -0.25) is 9.48 Å². The maximum absolute atomic E-state index is 12.0. The topological polar surface area (TPSA) is 38.1 Å². The minimum Gasteiger partial charge on any atom is -0.335 e. The van der Waals surface area contributed by atoms with E-state index in [0.29, 0.717) is 13.0 Å². The number of aromatic nitrogens is 2. The summed E-state index contributed by atoms with van der Waals surface area (Å²) in [7, 11) is 1.93. The first-order valence-corrected chi connectivity index (χ1v) is 6.21. The second-order valence-corrected chi connectivity index (χ2v) is 5.00. The van der Waals surface area contributed by atoms with Gasteiger partial charge in [0.05, 0.1) is 11.7 Å². The van der Waals surface area contributed by atoms with Gasteiger partial charge in [0, 0.05) is 37.2 Å². The molecule has 1 aliphatic heterocycles. The van der Waals surface area contributed by atoms with Gasteiger partial charge in [-0.1, -0.05) is 0 Å². The molecule has 0 saturated carbocycles. The molecule has 96 valence electrons. The van der Waals surface area contributed by atoms with Gasteiger partial charge in [0.2, 0.25) is 5.91 Å². The van der Waals surface area contributed by atoms with E-state index in [9.17, 15) is 4.79 Å². The smallest absolute Gasteiger partial charge is 0.224 e. The van der Waals surface area contributed by atoms with E-state index >= 15 is 0 Å². The summed E-state index contributed by atoms with van der Waals surface area (Å²) < 4.78 is 1.86. The molecule has 0 spiro atoms. The molecule has 4 heteroatoms. The lowest BCUT2D eigenvalue weighted by atomic mass is 10.1. The minimum atomic E-state index is 0.0459. The lowest BCUT2D eigenvalue weighted by Crippen LogP contribution is -2.29. The summed E-state index contributed by atoms with van der Waals surface area (Å²) in [5.74, 6) is 2.88. The van der Waals surface area contributed by atoms with Crippen molar-refractivity contribution < 1.29 is 4.79 Å². The van der Waals surface area contributed by atoms with Gasteiger partial charge in [-0.25, -0.2) is 0 Å². The number of aryl methyl sites for hydroxylation is 2. The van der Waals surface area contributed by atoms with Crippen molar-refractivity contribution in [2.45, 2.75) is 33.2 Å². The van der Waals surface area contributed by atoms with E-state index in [1.54, 1.807) is 0 Å². The van der Waals surface area contributed by atoms with Crippen LogP contribution >= 0.6 is 0 Å². The zero-order valence-electron chi connectivity index (χ0n) is 11.4. The Bertz CT molecular complexity index is 524. The molecular weight excluding hydrogens is 226 g/mol. The molecule has 2 atom stereocenters. The van der Waals surface area contributed by atoms with E-state index in [1.807, 2.05) is 37.4 Å². The zero-order valence-corrected chi connectivity index (χ0v) is 11.4. The molecule has 2 heterocycles. The fourth-order valence-corrected chi connectivity index (χ4v) is 2.77.